The Bertz CT molecular complexity index is 750. The summed E-state index contributed by atoms with van der Waals surface area (Å²) in [5, 5.41) is 4.60. The van der Waals surface area contributed by atoms with Gasteiger partial charge in [0, 0.05) is 11.0 Å². The first-order chi connectivity index (χ1) is 12.5. The highest BCUT2D eigenvalue weighted by Gasteiger charge is 2.11. The van der Waals surface area contributed by atoms with Gasteiger partial charge in [0.2, 0.25) is 0 Å². The standard InChI is InChI=1S/C18H17BrN2O5/c19-14-6-8-15(9-7-14)25-12-17(23)26-11-16(22)21-18(24)20-10-13-4-2-1-3-5-13/h1-9H,10-12H2,(H2,20,21,22,24). The summed E-state index contributed by atoms with van der Waals surface area (Å²) in [6.07, 6.45) is 0. The van der Waals surface area contributed by atoms with Crippen LogP contribution in [0, 0.1) is 0 Å². The third-order valence-electron chi connectivity index (χ3n) is 3.08. The number of rotatable bonds is 7. The molecule has 0 spiro atoms. The van der Waals surface area contributed by atoms with Crippen molar-refractivity contribution in [3.05, 3.63) is 64.6 Å². The van der Waals surface area contributed by atoms with Gasteiger partial charge >= 0.3 is 12.0 Å². The van der Waals surface area contributed by atoms with Crippen LogP contribution in [0.2, 0.25) is 0 Å². The van der Waals surface area contributed by atoms with Crippen molar-refractivity contribution in [1.82, 2.24) is 10.6 Å². The number of carbonyl (C=O) groups excluding carboxylic acids is 3. The summed E-state index contributed by atoms with van der Waals surface area (Å²) in [5.41, 5.74) is 0.895. The normalized spacial score (nSPS) is 9.88. The Morgan fingerprint density at radius 2 is 1.62 bits per heavy atom. The second-order valence-corrected chi connectivity index (χ2v) is 6.04. The largest absolute Gasteiger partial charge is 0.482 e. The molecule has 2 aromatic carbocycles. The topological polar surface area (TPSA) is 93.7 Å². The predicted molar refractivity (Wildman–Crippen MR) is 97.4 cm³/mol. The van der Waals surface area contributed by atoms with E-state index in [0.717, 1.165) is 10.0 Å². The lowest BCUT2D eigenvalue weighted by molar-refractivity contribution is -0.150. The predicted octanol–water partition coefficient (Wildman–Crippen LogP) is 2.40. The van der Waals surface area contributed by atoms with E-state index in [0.29, 0.717) is 5.75 Å². The third-order valence-corrected chi connectivity index (χ3v) is 3.61. The number of esters is 1. The summed E-state index contributed by atoms with van der Waals surface area (Å²) in [7, 11) is 0. The summed E-state index contributed by atoms with van der Waals surface area (Å²) in [5.74, 6) is -0.949. The van der Waals surface area contributed by atoms with Crippen molar-refractivity contribution in [2.75, 3.05) is 13.2 Å². The van der Waals surface area contributed by atoms with Crippen LogP contribution in [-0.4, -0.2) is 31.1 Å². The van der Waals surface area contributed by atoms with E-state index in [9.17, 15) is 14.4 Å². The van der Waals surface area contributed by atoms with E-state index < -0.39 is 24.5 Å². The van der Waals surface area contributed by atoms with Crippen molar-refractivity contribution in [3.63, 3.8) is 0 Å². The second-order valence-electron chi connectivity index (χ2n) is 5.12. The molecule has 0 aliphatic carbocycles. The molecule has 8 heteroatoms. The molecule has 0 aromatic heterocycles. The van der Waals surface area contributed by atoms with Crippen LogP contribution in [0.1, 0.15) is 5.56 Å². The maximum Gasteiger partial charge on any atom is 0.344 e. The third kappa shape index (κ3) is 7.35. The number of urea groups is 1. The highest BCUT2D eigenvalue weighted by molar-refractivity contribution is 9.10. The van der Waals surface area contributed by atoms with Gasteiger partial charge in [-0.05, 0) is 29.8 Å². The highest BCUT2D eigenvalue weighted by atomic mass is 79.9. The Balaban J connectivity index is 1.62. The number of amides is 3. The fourth-order valence-corrected chi connectivity index (χ4v) is 2.11. The Morgan fingerprint density at radius 3 is 2.31 bits per heavy atom. The molecule has 7 nitrogen and oxygen atoms in total. The van der Waals surface area contributed by atoms with Gasteiger partial charge in [-0.2, -0.15) is 0 Å². The number of hydrogen-bond acceptors (Lipinski definition) is 5. The minimum Gasteiger partial charge on any atom is -0.482 e. The van der Waals surface area contributed by atoms with E-state index in [2.05, 4.69) is 26.6 Å². The summed E-state index contributed by atoms with van der Waals surface area (Å²) in [6.45, 7) is -0.628. The van der Waals surface area contributed by atoms with Gasteiger partial charge in [0.1, 0.15) is 5.75 Å². The lowest BCUT2D eigenvalue weighted by Crippen LogP contribution is -2.41. The van der Waals surface area contributed by atoms with Crippen molar-refractivity contribution in [3.8, 4) is 5.75 Å². The Labute approximate surface area is 158 Å². The van der Waals surface area contributed by atoms with Gasteiger partial charge < -0.3 is 14.8 Å². The van der Waals surface area contributed by atoms with Crippen molar-refractivity contribution in [2.24, 2.45) is 0 Å². The van der Waals surface area contributed by atoms with Crippen LogP contribution < -0.4 is 15.4 Å². The van der Waals surface area contributed by atoms with Gasteiger partial charge in [-0.1, -0.05) is 46.3 Å². The maximum absolute atomic E-state index is 11.6. The van der Waals surface area contributed by atoms with Crippen LogP contribution in [0.4, 0.5) is 4.79 Å². The quantitative estimate of drug-likeness (QED) is 0.670. The molecule has 136 valence electrons. The summed E-state index contributed by atoms with van der Waals surface area (Å²) in [6, 6.07) is 15.5. The van der Waals surface area contributed by atoms with Gasteiger partial charge in [0.05, 0.1) is 0 Å². The van der Waals surface area contributed by atoms with E-state index in [1.807, 2.05) is 30.3 Å². The molecule has 0 aliphatic rings. The molecule has 0 fully saturated rings. The zero-order chi connectivity index (χ0) is 18.8. The van der Waals surface area contributed by atoms with Crippen molar-refractivity contribution in [2.45, 2.75) is 6.54 Å². The van der Waals surface area contributed by atoms with Gasteiger partial charge in [-0.3, -0.25) is 10.1 Å². The van der Waals surface area contributed by atoms with Crippen LogP contribution in [0.25, 0.3) is 0 Å². The SMILES string of the molecule is O=C(COC(=O)COc1ccc(Br)cc1)NC(=O)NCc1ccccc1. The number of benzene rings is 2. The van der Waals surface area contributed by atoms with Crippen molar-refractivity contribution < 1.29 is 23.9 Å². The number of ether oxygens (including phenoxy) is 2. The van der Waals surface area contributed by atoms with E-state index in [4.69, 9.17) is 9.47 Å². The number of halogens is 1. The molecule has 0 aliphatic heterocycles. The Morgan fingerprint density at radius 1 is 0.923 bits per heavy atom. The molecular weight excluding hydrogens is 404 g/mol. The average molecular weight is 421 g/mol. The molecule has 0 heterocycles. The summed E-state index contributed by atoms with van der Waals surface area (Å²) >= 11 is 3.29. The van der Waals surface area contributed by atoms with Gasteiger partial charge in [-0.15, -0.1) is 0 Å². The van der Waals surface area contributed by atoms with Crippen LogP contribution in [0.15, 0.2) is 59.1 Å². The van der Waals surface area contributed by atoms with E-state index in [1.165, 1.54) is 0 Å². The molecule has 0 saturated heterocycles. The molecule has 0 saturated carbocycles. The molecule has 2 aromatic rings. The number of imide groups is 1. The number of hydrogen-bond donors (Lipinski definition) is 2. The molecular formula is C18H17BrN2O5. The van der Waals surface area contributed by atoms with Crippen molar-refractivity contribution in [1.29, 1.82) is 0 Å². The van der Waals surface area contributed by atoms with Crippen LogP contribution in [0.3, 0.4) is 0 Å². The lowest BCUT2D eigenvalue weighted by atomic mass is 10.2. The molecule has 0 unspecified atom stereocenters. The average Bonchev–Trinajstić information content (AvgIpc) is 2.65. The smallest absolute Gasteiger partial charge is 0.344 e. The van der Waals surface area contributed by atoms with Crippen LogP contribution in [0.5, 0.6) is 5.75 Å². The van der Waals surface area contributed by atoms with Gasteiger partial charge in [0.15, 0.2) is 13.2 Å². The van der Waals surface area contributed by atoms with Crippen LogP contribution >= 0.6 is 15.9 Å². The van der Waals surface area contributed by atoms with Crippen LogP contribution in [-0.2, 0) is 20.9 Å². The first-order valence-corrected chi connectivity index (χ1v) is 8.48. The van der Waals surface area contributed by atoms with E-state index in [1.54, 1.807) is 24.3 Å². The first-order valence-electron chi connectivity index (χ1n) is 7.68. The number of carbonyl (C=O) groups is 3. The summed E-state index contributed by atoms with van der Waals surface area (Å²) in [4.78, 5) is 34.7. The highest BCUT2D eigenvalue weighted by Crippen LogP contribution is 2.15. The van der Waals surface area contributed by atoms with E-state index >= 15 is 0 Å². The van der Waals surface area contributed by atoms with Gasteiger partial charge in [-0.25, -0.2) is 9.59 Å². The maximum atomic E-state index is 11.6. The molecule has 2 rings (SSSR count). The molecule has 0 atom stereocenters. The molecule has 3 amide bonds. The second kappa shape index (κ2) is 10.2. The fourth-order valence-electron chi connectivity index (χ4n) is 1.85. The molecule has 0 radical (unpaired) electrons. The zero-order valence-corrected chi connectivity index (χ0v) is 15.3. The first kappa shape index (κ1) is 19.5. The Hall–Kier alpha value is -2.87. The van der Waals surface area contributed by atoms with Crippen molar-refractivity contribution >= 4 is 33.8 Å². The van der Waals surface area contributed by atoms with Gasteiger partial charge in [0.25, 0.3) is 5.91 Å². The Kier molecular flexibility index (Phi) is 7.63. The van der Waals surface area contributed by atoms with E-state index in [-0.39, 0.29) is 13.2 Å². The molecule has 2 N–H and O–H groups in total. The minimum absolute atomic E-state index is 0.279. The molecule has 26 heavy (non-hydrogen) atoms. The lowest BCUT2D eigenvalue weighted by Gasteiger charge is -2.08. The monoisotopic (exact) mass is 420 g/mol. The number of nitrogens with one attached hydrogen (secondary N) is 2. The zero-order valence-electron chi connectivity index (χ0n) is 13.7. The molecule has 0 bridgehead atoms. The fraction of sp³-hybridized carbons (Fsp3) is 0.167. The minimum atomic E-state index is -0.729. The summed E-state index contributed by atoms with van der Waals surface area (Å²) < 4.78 is 10.8.